The zero-order valence-electron chi connectivity index (χ0n) is 19.0. The normalized spacial score (nSPS) is 10.2. The molecule has 1 radical (unpaired) electrons. The molecule has 0 aliphatic carbocycles. The Kier molecular flexibility index (Phi) is 13.3. The van der Waals surface area contributed by atoms with Crippen LogP contribution in [-0.4, -0.2) is 9.52 Å². The minimum absolute atomic E-state index is 0. The van der Waals surface area contributed by atoms with Crippen LogP contribution in [0.4, 0.5) is 0 Å². The van der Waals surface area contributed by atoms with Gasteiger partial charge in [-0.2, -0.15) is 5.56 Å². The molecule has 4 aromatic carbocycles. The summed E-state index contributed by atoms with van der Waals surface area (Å²) in [6.45, 7) is 8.76. The smallest absolute Gasteiger partial charge is 0.0213 e. The van der Waals surface area contributed by atoms with Gasteiger partial charge < -0.3 is 0 Å². The van der Waals surface area contributed by atoms with Gasteiger partial charge in [0.2, 0.25) is 0 Å². The molecule has 0 fully saturated rings. The second-order valence-corrected chi connectivity index (χ2v) is 8.31. The molecule has 4 aromatic rings. The number of fused-ring (bicyclic) bond motifs is 1. The second kappa shape index (κ2) is 15.5. The van der Waals surface area contributed by atoms with E-state index in [1.807, 2.05) is 36.4 Å². The average molecular weight is 457 g/mol. The van der Waals surface area contributed by atoms with Crippen LogP contribution < -0.4 is 0 Å². The summed E-state index contributed by atoms with van der Waals surface area (Å²) in [5, 5.41) is 2.76. The molecule has 0 unspecified atom stereocenters. The molecule has 157 valence electrons. The summed E-state index contributed by atoms with van der Waals surface area (Å²) in [6.07, 6.45) is 8.31. The summed E-state index contributed by atoms with van der Waals surface area (Å²) in [4.78, 5) is 0. The molecule has 0 atom stereocenters. The number of benzene rings is 3. The minimum atomic E-state index is 0. The van der Waals surface area contributed by atoms with Crippen LogP contribution in [0.1, 0.15) is 22.3 Å². The van der Waals surface area contributed by atoms with Crippen molar-refractivity contribution in [2.24, 2.45) is 0 Å². The number of allylic oxidation sites excluding steroid dienone is 2. The van der Waals surface area contributed by atoms with Crippen LogP contribution in [0.15, 0.2) is 103 Å². The first kappa shape index (κ1) is 26.7. The van der Waals surface area contributed by atoms with Crippen molar-refractivity contribution in [3.8, 4) is 0 Å². The van der Waals surface area contributed by atoms with Gasteiger partial charge in [-0.1, -0.05) is 118 Å². The first-order valence-electron chi connectivity index (χ1n) is 10.5. The van der Waals surface area contributed by atoms with Gasteiger partial charge in [-0.3, -0.25) is 0 Å². The molecule has 0 saturated heterocycles. The van der Waals surface area contributed by atoms with E-state index in [-0.39, 0.29) is 21.7 Å². The molecule has 0 bridgehead atoms. The Morgan fingerprint density at radius 3 is 1.52 bits per heavy atom. The third-order valence-electron chi connectivity index (χ3n) is 4.62. The zero-order chi connectivity index (χ0) is 21.6. The molecule has 0 aliphatic rings. The van der Waals surface area contributed by atoms with Gasteiger partial charge in [-0.05, 0) is 11.1 Å². The van der Waals surface area contributed by atoms with Gasteiger partial charge in [0.1, 0.15) is 0 Å². The minimum Gasteiger partial charge on any atom is -0.154 e. The Bertz CT molecular complexity index is 997. The molecule has 2 heteroatoms. The van der Waals surface area contributed by atoms with Crippen LogP contribution in [-0.2, 0) is 21.7 Å². The molecular weight excluding hydrogens is 424 g/mol. The third-order valence-corrected chi connectivity index (χ3v) is 4.62. The summed E-state index contributed by atoms with van der Waals surface area (Å²) in [7, 11) is 0.750. The monoisotopic (exact) mass is 456 g/mol. The Labute approximate surface area is 205 Å². The average Bonchev–Trinajstić information content (AvgIpc) is 3.08. The van der Waals surface area contributed by atoms with Crippen molar-refractivity contribution in [2.45, 2.75) is 26.9 Å². The maximum Gasteiger partial charge on any atom is 0.0213 e. The molecule has 0 aliphatic heterocycles. The molecule has 31 heavy (non-hydrogen) atoms. The van der Waals surface area contributed by atoms with Crippen molar-refractivity contribution >= 4 is 32.4 Å². The first-order chi connectivity index (χ1) is 14.7. The number of hydrogen-bond donors (Lipinski definition) is 0. The van der Waals surface area contributed by atoms with Crippen LogP contribution >= 0.6 is 0 Å². The van der Waals surface area contributed by atoms with E-state index in [9.17, 15) is 0 Å². The predicted molar refractivity (Wildman–Crippen MR) is 139 cm³/mol. The molecule has 4 rings (SSSR count). The quantitative estimate of drug-likeness (QED) is 0.166. The van der Waals surface area contributed by atoms with E-state index in [2.05, 4.69) is 106 Å². The molecule has 0 spiro atoms. The molecule has 0 nitrogen and oxygen atoms in total. The molecule has 0 amide bonds. The van der Waals surface area contributed by atoms with Gasteiger partial charge in [-0.15, -0.1) is 40.6 Å². The van der Waals surface area contributed by atoms with Gasteiger partial charge >= 0.3 is 0 Å². The van der Waals surface area contributed by atoms with Crippen molar-refractivity contribution < 1.29 is 21.7 Å². The largest absolute Gasteiger partial charge is 0.154 e. The predicted octanol–water partition coefficient (Wildman–Crippen LogP) is 8.11. The van der Waals surface area contributed by atoms with E-state index < -0.39 is 0 Å². The van der Waals surface area contributed by atoms with E-state index in [0.717, 1.165) is 9.52 Å². The molecule has 0 heterocycles. The standard InChI is InChI=1S/C16H14.C11H11.C2H7Si.Ti/c1-3-9-15(10-4-1)13-7-8-14-16-11-5-2-6-12-16;1-8-7-10-5-3-4-6-11(10)9(8)2;1-3-2;/h1-14H;3-7H,1-2H3;3H,1-2H3;/q;-1;;. The maximum atomic E-state index is 2.24. The van der Waals surface area contributed by atoms with Crippen molar-refractivity contribution in [3.63, 3.8) is 0 Å². The van der Waals surface area contributed by atoms with Crippen molar-refractivity contribution in [2.75, 3.05) is 0 Å². The first-order valence-corrected chi connectivity index (χ1v) is 12.8. The third kappa shape index (κ3) is 9.57. The Morgan fingerprint density at radius 2 is 1.06 bits per heavy atom. The van der Waals surface area contributed by atoms with Crippen molar-refractivity contribution in [3.05, 3.63) is 125 Å². The topological polar surface area (TPSA) is 0 Å². The molecular formula is C29H32SiTi-. The van der Waals surface area contributed by atoms with E-state index in [1.54, 1.807) is 0 Å². The van der Waals surface area contributed by atoms with Gasteiger partial charge in [0.05, 0.1) is 0 Å². The van der Waals surface area contributed by atoms with E-state index in [1.165, 1.54) is 33.0 Å². The summed E-state index contributed by atoms with van der Waals surface area (Å²) < 4.78 is 0. The summed E-state index contributed by atoms with van der Waals surface area (Å²) in [5.74, 6) is 0. The Hall–Kier alpha value is -2.32. The molecule has 0 aromatic heterocycles. The van der Waals surface area contributed by atoms with E-state index >= 15 is 0 Å². The maximum absolute atomic E-state index is 2.24. The van der Waals surface area contributed by atoms with Gasteiger partial charge in [-0.25, -0.2) is 0 Å². The van der Waals surface area contributed by atoms with E-state index in [0.29, 0.717) is 0 Å². The van der Waals surface area contributed by atoms with Crippen LogP contribution in [0.2, 0.25) is 13.1 Å². The van der Waals surface area contributed by atoms with Gasteiger partial charge in [0.25, 0.3) is 0 Å². The number of rotatable bonds is 3. The molecule has 0 saturated carbocycles. The fraction of sp³-hybridized carbons (Fsp3) is 0.138. The van der Waals surface area contributed by atoms with Crippen LogP contribution in [0.25, 0.3) is 22.9 Å². The Morgan fingerprint density at radius 1 is 0.645 bits per heavy atom. The summed E-state index contributed by atoms with van der Waals surface area (Å²) in [6, 6.07) is 31.3. The summed E-state index contributed by atoms with van der Waals surface area (Å²) in [5.41, 5.74) is 5.26. The summed E-state index contributed by atoms with van der Waals surface area (Å²) >= 11 is 0. The van der Waals surface area contributed by atoms with E-state index in [4.69, 9.17) is 0 Å². The fourth-order valence-corrected chi connectivity index (χ4v) is 2.98. The van der Waals surface area contributed by atoms with Crippen molar-refractivity contribution in [1.82, 2.24) is 0 Å². The Balaban J connectivity index is 0.000000280. The van der Waals surface area contributed by atoms with Crippen LogP contribution in [0, 0.1) is 13.8 Å². The number of aryl methyl sites for hydroxylation is 2. The zero-order valence-corrected chi connectivity index (χ0v) is 21.8. The van der Waals surface area contributed by atoms with Crippen LogP contribution in [0.5, 0.6) is 0 Å². The van der Waals surface area contributed by atoms with Crippen LogP contribution in [0.3, 0.4) is 0 Å². The molecule has 0 N–H and O–H groups in total. The fourth-order valence-electron chi connectivity index (χ4n) is 2.98. The van der Waals surface area contributed by atoms with Crippen molar-refractivity contribution in [1.29, 1.82) is 0 Å². The van der Waals surface area contributed by atoms with Gasteiger partial charge in [0, 0.05) is 31.2 Å². The van der Waals surface area contributed by atoms with Gasteiger partial charge in [0.15, 0.2) is 0 Å². The number of hydrogen-bond acceptors (Lipinski definition) is 0. The SMILES string of the molecule is C(C=Cc1ccccc1)=Cc1ccccc1.C[SiH]C.Cc1[cH-]c2ccccc2c1C.[Ti]. The second-order valence-electron chi connectivity index (χ2n) is 7.16.